The van der Waals surface area contributed by atoms with Gasteiger partial charge in [-0.05, 0) is 49.6 Å². The molecule has 1 N–H and O–H groups in total. The molecule has 0 aliphatic carbocycles. The van der Waals surface area contributed by atoms with Crippen molar-refractivity contribution in [1.29, 1.82) is 0 Å². The van der Waals surface area contributed by atoms with Gasteiger partial charge in [-0.15, -0.1) is 0 Å². The van der Waals surface area contributed by atoms with Gasteiger partial charge in [-0.1, -0.05) is 38.1 Å². The van der Waals surface area contributed by atoms with E-state index in [0.717, 1.165) is 6.42 Å². The van der Waals surface area contributed by atoms with Crippen LogP contribution < -0.4 is 14.8 Å². The Morgan fingerprint density at radius 2 is 1.75 bits per heavy atom. The van der Waals surface area contributed by atoms with Crippen molar-refractivity contribution in [3.63, 3.8) is 0 Å². The second kappa shape index (κ2) is 8.96. The molecule has 2 aromatic carbocycles. The lowest BCUT2D eigenvalue weighted by Crippen LogP contribution is -2.32. The predicted octanol–water partition coefficient (Wildman–Crippen LogP) is 4.44. The summed E-state index contributed by atoms with van der Waals surface area (Å²) in [6.45, 7) is 6.49. The van der Waals surface area contributed by atoms with Crippen LogP contribution in [0, 0.1) is 0 Å². The number of ether oxygens (including phenoxy) is 2. The van der Waals surface area contributed by atoms with E-state index in [-0.39, 0.29) is 5.91 Å². The SMILES string of the molecule is CCOc1ccccc1NC(=O)[C@H](CC)Oc1ccc(CC)cc1. The highest BCUT2D eigenvalue weighted by molar-refractivity contribution is 5.95. The van der Waals surface area contributed by atoms with Crippen LogP contribution in [0.3, 0.4) is 0 Å². The molecule has 2 aromatic rings. The summed E-state index contributed by atoms with van der Waals surface area (Å²) in [5.74, 6) is 1.19. The molecule has 0 saturated carbocycles. The number of carbonyl (C=O) groups excluding carboxylic acids is 1. The molecule has 24 heavy (non-hydrogen) atoms. The zero-order chi connectivity index (χ0) is 17.4. The monoisotopic (exact) mass is 327 g/mol. The van der Waals surface area contributed by atoms with Crippen molar-refractivity contribution in [3.8, 4) is 11.5 Å². The highest BCUT2D eigenvalue weighted by atomic mass is 16.5. The largest absolute Gasteiger partial charge is 0.492 e. The van der Waals surface area contributed by atoms with Crippen LogP contribution in [0.1, 0.15) is 32.8 Å². The minimum Gasteiger partial charge on any atom is -0.492 e. The molecule has 0 bridgehead atoms. The average Bonchev–Trinajstić information content (AvgIpc) is 2.62. The first kappa shape index (κ1) is 17.9. The number of benzene rings is 2. The fourth-order valence-corrected chi connectivity index (χ4v) is 2.35. The van der Waals surface area contributed by atoms with Crippen molar-refractivity contribution >= 4 is 11.6 Å². The number of rotatable bonds is 8. The first-order valence-electron chi connectivity index (χ1n) is 8.46. The summed E-state index contributed by atoms with van der Waals surface area (Å²) in [4.78, 5) is 12.5. The Labute approximate surface area is 143 Å². The number of hydrogen-bond acceptors (Lipinski definition) is 3. The van der Waals surface area contributed by atoms with Crippen LogP contribution in [0.15, 0.2) is 48.5 Å². The Kier molecular flexibility index (Phi) is 6.67. The third-order valence-corrected chi connectivity index (χ3v) is 3.72. The van der Waals surface area contributed by atoms with E-state index in [1.54, 1.807) is 0 Å². The lowest BCUT2D eigenvalue weighted by Gasteiger charge is -2.18. The zero-order valence-electron chi connectivity index (χ0n) is 14.5. The maximum Gasteiger partial charge on any atom is 0.265 e. The zero-order valence-corrected chi connectivity index (χ0v) is 14.5. The molecule has 4 heteroatoms. The minimum atomic E-state index is -0.549. The van der Waals surface area contributed by atoms with Crippen LogP contribution in [0.25, 0.3) is 0 Å². The molecule has 0 radical (unpaired) electrons. The summed E-state index contributed by atoms with van der Waals surface area (Å²) in [5.41, 5.74) is 1.90. The van der Waals surface area contributed by atoms with Crippen LogP contribution in [0.5, 0.6) is 11.5 Å². The highest BCUT2D eigenvalue weighted by Crippen LogP contribution is 2.24. The van der Waals surface area contributed by atoms with E-state index in [9.17, 15) is 4.79 Å². The Hall–Kier alpha value is -2.49. The fraction of sp³-hybridized carbons (Fsp3) is 0.350. The van der Waals surface area contributed by atoms with E-state index >= 15 is 0 Å². The number of para-hydroxylation sites is 2. The lowest BCUT2D eigenvalue weighted by atomic mass is 10.1. The fourth-order valence-electron chi connectivity index (χ4n) is 2.35. The summed E-state index contributed by atoms with van der Waals surface area (Å²) < 4.78 is 11.4. The molecule has 4 nitrogen and oxygen atoms in total. The number of hydrogen-bond donors (Lipinski definition) is 1. The van der Waals surface area contributed by atoms with Crippen LogP contribution in [0.2, 0.25) is 0 Å². The average molecular weight is 327 g/mol. The predicted molar refractivity (Wildman–Crippen MR) is 96.8 cm³/mol. The number of carbonyl (C=O) groups is 1. The summed E-state index contributed by atoms with van der Waals surface area (Å²) in [5, 5.41) is 2.90. The van der Waals surface area contributed by atoms with E-state index < -0.39 is 6.10 Å². The Morgan fingerprint density at radius 1 is 1.04 bits per heavy atom. The van der Waals surface area contributed by atoms with Gasteiger partial charge < -0.3 is 14.8 Å². The van der Waals surface area contributed by atoms with Gasteiger partial charge in [0, 0.05) is 0 Å². The van der Waals surface area contributed by atoms with Crippen molar-refractivity contribution in [2.24, 2.45) is 0 Å². The molecular formula is C20H25NO3. The van der Waals surface area contributed by atoms with Gasteiger partial charge in [-0.25, -0.2) is 0 Å². The van der Waals surface area contributed by atoms with Gasteiger partial charge in [0.15, 0.2) is 6.10 Å². The molecule has 0 spiro atoms. The lowest BCUT2D eigenvalue weighted by molar-refractivity contribution is -0.122. The molecule has 1 amide bonds. The van der Waals surface area contributed by atoms with E-state index in [1.807, 2.05) is 62.4 Å². The van der Waals surface area contributed by atoms with Gasteiger partial charge in [-0.2, -0.15) is 0 Å². The molecule has 0 saturated heterocycles. The third kappa shape index (κ3) is 4.75. The smallest absolute Gasteiger partial charge is 0.265 e. The highest BCUT2D eigenvalue weighted by Gasteiger charge is 2.19. The number of amides is 1. The minimum absolute atomic E-state index is 0.177. The summed E-state index contributed by atoms with van der Waals surface area (Å²) in [6, 6.07) is 15.3. The first-order valence-corrected chi connectivity index (χ1v) is 8.46. The molecule has 0 aliphatic heterocycles. The van der Waals surface area contributed by atoms with Crippen LogP contribution in [0.4, 0.5) is 5.69 Å². The molecule has 0 fully saturated rings. The van der Waals surface area contributed by atoms with Crippen molar-refractivity contribution in [1.82, 2.24) is 0 Å². The Balaban J connectivity index is 2.05. The van der Waals surface area contributed by atoms with E-state index in [2.05, 4.69) is 12.2 Å². The van der Waals surface area contributed by atoms with Crippen LogP contribution in [-0.2, 0) is 11.2 Å². The summed E-state index contributed by atoms with van der Waals surface area (Å²) in [7, 11) is 0. The van der Waals surface area contributed by atoms with E-state index in [1.165, 1.54) is 5.56 Å². The van der Waals surface area contributed by atoms with Crippen LogP contribution >= 0.6 is 0 Å². The second-order valence-electron chi connectivity index (χ2n) is 5.43. The summed E-state index contributed by atoms with van der Waals surface area (Å²) >= 11 is 0. The molecular weight excluding hydrogens is 302 g/mol. The summed E-state index contributed by atoms with van der Waals surface area (Å²) in [6.07, 6.45) is 1.01. The van der Waals surface area contributed by atoms with Gasteiger partial charge in [0.25, 0.3) is 5.91 Å². The topological polar surface area (TPSA) is 47.6 Å². The van der Waals surface area contributed by atoms with Crippen molar-refractivity contribution in [2.45, 2.75) is 39.7 Å². The molecule has 0 aromatic heterocycles. The van der Waals surface area contributed by atoms with Gasteiger partial charge in [0.05, 0.1) is 12.3 Å². The second-order valence-corrected chi connectivity index (χ2v) is 5.43. The third-order valence-electron chi connectivity index (χ3n) is 3.72. The van der Waals surface area contributed by atoms with Gasteiger partial charge in [0.2, 0.25) is 0 Å². The molecule has 128 valence electrons. The molecule has 0 heterocycles. The van der Waals surface area contributed by atoms with E-state index in [4.69, 9.17) is 9.47 Å². The van der Waals surface area contributed by atoms with E-state index in [0.29, 0.717) is 30.2 Å². The van der Waals surface area contributed by atoms with Crippen molar-refractivity contribution in [3.05, 3.63) is 54.1 Å². The quantitative estimate of drug-likeness (QED) is 0.779. The first-order chi connectivity index (χ1) is 11.7. The standard InChI is InChI=1S/C20H25NO3/c1-4-15-11-13-16(14-12-15)24-18(5-2)20(22)21-17-9-7-8-10-19(17)23-6-3/h7-14,18H,4-6H2,1-3H3,(H,21,22)/t18-/m0/s1. The normalized spacial score (nSPS) is 11.6. The van der Waals surface area contributed by atoms with Crippen LogP contribution in [-0.4, -0.2) is 18.6 Å². The maximum absolute atomic E-state index is 12.5. The Bertz CT molecular complexity index is 652. The number of nitrogens with one attached hydrogen (secondary N) is 1. The number of aryl methyl sites for hydroxylation is 1. The van der Waals surface area contributed by atoms with Gasteiger partial charge in [0.1, 0.15) is 11.5 Å². The maximum atomic E-state index is 12.5. The van der Waals surface area contributed by atoms with Gasteiger partial charge in [-0.3, -0.25) is 4.79 Å². The number of anilines is 1. The molecule has 2 rings (SSSR count). The van der Waals surface area contributed by atoms with Crippen molar-refractivity contribution < 1.29 is 14.3 Å². The van der Waals surface area contributed by atoms with Gasteiger partial charge >= 0.3 is 0 Å². The molecule has 0 aliphatic rings. The van der Waals surface area contributed by atoms with Crippen molar-refractivity contribution in [2.75, 3.05) is 11.9 Å². The molecule has 0 unspecified atom stereocenters. The Morgan fingerprint density at radius 3 is 2.38 bits per heavy atom. The molecule has 1 atom stereocenters.